The minimum atomic E-state index is -3.52. The molecule has 28 heavy (non-hydrogen) atoms. The number of anilines is 1. The van der Waals surface area contributed by atoms with E-state index in [0.717, 1.165) is 24.8 Å². The van der Waals surface area contributed by atoms with E-state index >= 15 is 0 Å². The molecule has 0 bridgehead atoms. The van der Waals surface area contributed by atoms with Gasteiger partial charge in [0, 0.05) is 18.8 Å². The molecular weight excluding hydrogens is 376 g/mol. The molecule has 0 radical (unpaired) electrons. The number of nitrogens with zero attached hydrogens (tertiary/aromatic N) is 1. The van der Waals surface area contributed by atoms with Crippen LogP contribution in [0.5, 0.6) is 5.75 Å². The second kappa shape index (κ2) is 9.21. The fourth-order valence-corrected chi connectivity index (χ4v) is 4.67. The van der Waals surface area contributed by atoms with Gasteiger partial charge in [0.15, 0.2) is 0 Å². The summed E-state index contributed by atoms with van der Waals surface area (Å²) >= 11 is 0. The molecule has 7 heteroatoms. The first-order chi connectivity index (χ1) is 13.4. The molecule has 2 aromatic rings. The summed E-state index contributed by atoms with van der Waals surface area (Å²) < 4.78 is 32.6. The van der Waals surface area contributed by atoms with Crippen LogP contribution in [0.3, 0.4) is 0 Å². The maximum absolute atomic E-state index is 12.8. The Balaban J connectivity index is 1.56. The van der Waals surface area contributed by atoms with Gasteiger partial charge in [-0.15, -0.1) is 0 Å². The minimum absolute atomic E-state index is 0.178. The van der Waals surface area contributed by atoms with E-state index in [1.165, 1.54) is 10.4 Å². The zero-order chi connectivity index (χ0) is 20.0. The van der Waals surface area contributed by atoms with E-state index in [0.29, 0.717) is 24.5 Å². The van der Waals surface area contributed by atoms with Gasteiger partial charge in [-0.2, -0.15) is 4.31 Å². The van der Waals surface area contributed by atoms with Crippen molar-refractivity contribution in [2.45, 2.75) is 37.5 Å². The fourth-order valence-electron chi connectivity index (χ4n) is 3.11. The number of ether oxygens (including phenoxy) is 1. The molecule has 2 aromatic carbocycles. The highest BCUT2D eigenvalue weighted by molar-refractivity contribution is 7.89. The first-order valence-electron chi connectivity index (χ1n) is 9.55. The average molecular weight is 403 g/mol. The molecule has 0 saturated carbocycles. The maximum Gasteiger partial charge on any atom is 0.243 e. The molecule has 0 spiro atoms. The van der Waals surface area contributed by atoms with E-state index in [1.54, 1.807) is 18.2 Å². The summed E-state index contributed by atoms with van der Waals surface area (Å²) in [5.74, 6) is 0.493. The van der Waals surface area contributed by atoms with Gasteiger partial charge < -0.3 is 10.1 Å². The van der Waals surface area contributed by atoms with E-state index in [2.05, 4.69) is 5.32 Å². The Morgan fingerprint density at radius 3 is 2.50 bits per heavy atom. The van der Waals surface area contributed by atoms with Crippen LogP contribution in [0.2, 0.25) is 0 Å². The summed E-state index contributed by atoms with van der Waals surface area (Å²) in [5, 5.41) is 2.75. The molecule has 0 atom stereocenters. The third-order valence-corrected chi connectivity index (χ3v) is 6.58. The Morgan fingerprint density at radius 1 is 1.07 bits per heavy atom. The number of amides is 1. The quantitative estimate of drug-likeness (QED) is 0.768. The van der Waals surface area contributed by atoms with Crippen LogP contribution in [-0.4, -0.2) is 38.3 Å². The predicted molar refractivity (Wildman–Crippen MR) is 109 cm³/mol. The van der Waals surface area contributed by atoms with Crippen molar-refractivity contribution in [1.29, 1.82) is 0 Å². The number of nitrogens with one attached hydrogen (secondary N) is 1. The highest BCUT2D eigenvalue weighted by Crippen LogP contribution is 2.23. The van der Waals surface area contributed by atoms with E-state index in [-0.39, 0.29) is 23.8 Å². The molecule has 1 saturated heterocycles. The summed E-state index contributed by atoms with van der Waals surface area (Å²) in [6, 6.07) is 14.0. The largest absolute Gasteiger partial charge is 0.493 e. The van der Waals surface area contributed by atoms with Gasteiger partial charge in [0.05, 0.1) is 17.9 Å². The fraction of sp³-hybridized carbons (Fsp3) is 0.381. The first kappa shape index (κ1) is 20.4. The lowest BCUT2D eigenvalue weighted by Gasteiger charge is -2.26. The number of carbonyl (C=O) groups is 1. The van der Waals surface area contributed by atoms with Crippen LogP contribution in [0.25, 0.3) is 0 Å². The topological polar surface area (TPSA) is 75.7 Å². The predicted octanol–water partition coefficient (Wildman–Crippen LogP) is 3.58. The number of benzene rings is 2. The van der Waals surface area contributed by atoms with Crippen LogP contribution >= 0.6 is 0 Å². The molecule has 1 heterocycles. The smallest absolute Gasteiger partial charge is 0.243 e. The second-order valence-corrected chi connectivity index (χ2v) is 8.89. The van der Waals surface area contributed by atoms with Gasteiger partial charge in [-0.25, -0.2) is 8.42 Å². The number of aryl methyl sites for hydroxylation is 1. The highest BCUT2D eigenvalue weighted by Gasteiger charge is 2.26. The molecule has 1 aliphatic rings. The van der Waals surface area contributed by atoms with Gasteiger partial charge in [-0.3, -0.25) is 4.79 Å². The van der Waals surface area contributed by atoms with Crippen LogP contribution in [0.4, 0.5) is 5.69 Å². The Bertz CT molecular complexity index is 904. The molecule has 1 fully saturated rings. The molecule has 0 aliphatic carbocycles. The molecule has 0 unspecified atom stereocenters. The lowest BCUT2D eigenvalue weighted by molar-refractivity contribution is -0.116. The lowest BCUT2D eigenvalue weighted by atomic mass is 10.2. The molecule has 1 N–H and O–H groups in total. The minimum Gasteiger partial charge on any atom is -0.493 e. The van der Waals surface area contributed by atoms with Crippen LogP contribution in [0.1, 0.15) is 31.2 Å². The van der Waals surface area contributed by atoms with Crippen molar-refractivity contribution in [3.63, 3.8) is 0 Å². The van der Waals surface area contributed by atoms with Crippen LogP contribution in [-0.2, 0) is 14.8 Å². The zero-order valence-corrected chi connectivity index (χ0v) is 16.9. The van der Waals surface area contributed by atoms with E-state index in [9.17, 15) is 13.2 Å². The third kappa shape index (κ3) is 5.33. The van der Waals surface area contributed by atoms with Crippen LogP contribution < -0.4 is 10.1 Å². The molecule has 6 nitrogen and oxygen atoms in total. The van der Waals surface area contributed by atoms with Crippen LogP contribution in [0.15, 0.2) is 53.4 Å². The first-order valence-corrected chi connectivity index (χ1v) is 11.0. The Labute approximate surface area is 166 Å². The normalized spacial score (nSPS) is 15.2. The Kier molecular flexibility index (Phi) is 6.70. The molecule has 0 aromatic heterocycles. The third-order valence-electron chi connectivity index (χ3n) is 4.69. The molecule has 1 amide bonds. The van der Waals surface area contributed by atoms with Gasteiger partial charge in [0.2, 0.25) is 15.9 Å². The summed E-state index contributed by atoms with van der Waals surface area (Å²) in [6.07, 6.45) is 3.01. The zero-order valence-electron chi connectivity index (χ0n) is 16.1. The number of carbonyl (C=O) groups excluding carboxylic acids is 1. The SMILES string of the molecule is Cc1ccc(OCCC(=O)Nc2cccc(S(=O)(=O)N3CCCCC3)c2)cc1. The van der Waals surface area contributed by atoms with Crippen molar-refractivity contribution in [3.8, 4) is 5.75 Å². The van der Waals surface area contributed by atoms with E-state index in [1.807, 2.05) is 31.2 Å². The van der Waals surface area contributed by atoms with Gasteiger partial charge in [-0.05, 0) is 50.1 Å². The number of sulfonamides is 1. The van der Waals surface area contributed by atoms with Crippen molar-refractivity contribution in [3.05, 3.63) is 54.1 Å². The summed E-state index contributed by atoms with van der Waals surface area (Å²) in [5.41, 5.74) is 1.61. The van der Waals surface area contributed by atoms with Crippen LogP contribution in [0, 0.1) is 6.92 Å². The number of hydrogen-bond donors (Lipinski definition) is 1. The standard InChI is InChI=1S/C21H26N2O4S/c1-17-8-10-19(11-9-17)27-15-12-21(24)22-18-6-5-7-20(16-18)28(25,26)23-13-3-2-4-14-23/h5-11,16H,2-4,12-15H2,1H3,(H,22,24). The highest BCUT2D eigenvalue weighted by atomic mass is 32.2. The van der Waals surface area contributed by atoms with E-state index < -0.39 is 10.0 Å². The van der Waals surface area contributed by atoms with Gasteiger partial charge in [0.25, 0.3) is 0 Å². The number of hydrogen-bond acceptors (Lipinski definition) is 4. The molecule has 150 valence electrons. The van der Waals surface area contributed by atoms with Gasteiger partial charge in [0.1, 0.15) is 5.75 Å². The van der Waals surface area contributed by atoms with Crippen molar-refractivity contribution < 1.29 is 17.9 Å². The molecular formula is C21H26N2O4S. The number of piperidine rings is 1. The summed E-state index contributed by atoms with van der Waals surface area (Å²) in [6.45, 7) is 3.35. The van der Waals surface area contributed by atoms with Crippen molar-refractivity contribution >= 4 is 21.6 Å². The second-order valence-electron chi connectivity index (χ2n) is 6.95. The Morgan fingerprint density at radius 2 is 1.79 bits per heavy atom. The summed E-state index contributed by atoms with van der Waals surface area (Å²) in [7, 11) is -3.52. The van der Waals surface area contributed by atoms with Crippen molar-refractivity contribution in [2.75, 3.05) is 25.0 Å². The average Bonchev–Trinajstić information content (AvgIpc) is 2.70. The maximum atomic E-state index is 12.8. The molecule has 1 aliphatic heterocycles. The van der Waals surface area contributed by atoms with Crippen molar-refractivity contribution in [2.24, 2.45) is 0 Å². The monoisotopic (exact) mass is 402 g/mol. The number of rotatable bonds is 7. The lowest BCUT2D eigenvalue weighted by Crippen LogP contribution is -2.35. The molecule has 3 rings (SSSR count). The summed E-state index contributed by atoms with van der Waals surface area (Å²) in [4.78, 5) is 12.4. The van der Waals surface area contributed by atoms with Gasteiger partial charge >= 0.3 is 0 Å². The van der Waals surface area contributed by atoms with Crippen molar-refractivity contribution in [1.82, 2.24) is 4.31 Å². The van der Waals surface area contributed by atoms with E-state index in [4.69, 9.17) is 4.74 Å². The van der Waals surface area contributed by atoms with Gasteiger partial charge in [-0.1, -0.05) is 30.2 Å². The Hall–Kier alpha value is -2.38.